The van der Waals surface area contributed by atoms with E-state index < -0.39 is 0 Å². The van der Waals surface area contributed by atoms with Crippen molar-refractivity contribution in [2.45, 2.75) is 52.4 Å². The van der Waals surface area contributed by atoms with E-state index in [0.29, 0.717) is 31.8 Å². The molecule has 0 aromatic rings. The van der Waals surface area contributed by atoms with Crippen molar-refractivity contribution in [1.29, 1.82) is 0 Å². The second-order valence-electron chi connectivity index (χ2n) is 6.12. The highest BCUT2D eigenvalue weighted by Gasteiger charge is 2.41. The Morgan fingerprint density at radius 1 is 0.810 bits per heavy atom. The molecule has 0 atom stereocenters. The predicted octanol–water partition coefficient (Wildman–Crippen LogP) is 3.01. The highest BCUT2D eigenvalue weighted by molar-refractivity contribution is 4.94. The Morgan fingerprint density at radius 3 is 2.00 bits per heavy atom. The van der Waals surface area contributed by atoms with E-state index in [1.165, 1.54) is 32.1 Å². The summed E-state index contributed by atoms with van der Waals surface area (Å²) in [6.07, 6.45) is 7.44. The number of ether oxygens (including phenoxy) is 3. The van der Waals surface area contributed by atoms with Crippen LogP contribution in [-0.4, -0.2) is 52.7 Å². The third-order valence-corrected chi connectivity index (χ3v) is 4.05. The molecule has 1 aliphatic carbocycles. The predicted molar refractivity (Wildman–Crippen MR) is 86.8 cm³/mol. The van der Waals surface area contributed by atoms with Gasteiger partial charge in [0.25, 0.3) is 0 Å². The van der Waals surface area contributed by atoms with Crippen LogP contribution >= 0.6 is 0 Å². The van der Waals surface area contributed by atoms with Gasteiger partial charge in [-0.15, -0.1) is 0 Å². The fourth-order valence-electron chi connectivity index (χ4n) is 2.30. The summed E-state index contributed by atoms with van der Waals surface area (Å²) < 4.78 is 16.6. The van der Waals surface area contributed by atoms with Crippen LogP contribution in [-0.2, 0) is 14.2 Å². The smallest absolute Gasteiger partial charge is 0.0701 e. The molecule has 0 heterocycles. The quantitative estimate of drug-likeness (QED) is 0.445. The first kappa shape index (κ1) is 18.9. The summed E-state index contributed by atoms with van der Waals surface area (Å²) >= 11 is 0. The third-order valence-electron chi connectivity index (χ3n) is 4.05. The van der Waals surface area contributed by atoms with E-state index in [4.69, 9.17) is 14.2 Å². The number of unbranched alkanes of at least 4 members (excludes halogenated alkanes) is 1. The van der Waals surface area contributed by atoms with Crippen molar-refractivity contribution in [3.8, 4) is 0 Å². The molecule has 0 amide bonds. The summed E-state index contributed by atoms with van der Waals surface area (Å²) in [6.45, 7) is 11.2. The Hall–Kier alpha value is -0.160. The molecule has 1 aliphatic rings. The van der Waals surface area contributed by atoms with Crippen molar-refractivity contribution in [3.05, 3.63) is 0 Å². The van der Waals surface area contributed by atoms with Gasteiger partial charge in [0.05, 0.1) is 26.4 Å². The Morgan fingerprint density at radius 2 is 1.43 bits per heavy atom. The molecule has 0 aliphatic heterocycles. The topological polar surface area (TPSA) is 39.7 Å². The van der Waals surface area contributed by atoms with Gasteiger partial charge in [0.15, 0.2) is 0 Å². The van der Waals surface area contributed by atoms with Crippen LogP contribution in [0.25, 0.3) is 0 Å². The van der Waals surface area contributed by atoms with Gasteiger partial charge in [-0.05, 0) is 44.1 Å². The van der Waals surface area contributed by atoms with E-state index in [1.807, 2.05) is 0 Å². The molecule has 1 N–H and O–H groups in total. The maximum Gasteiger partial charge on any atom is 0.0701 e. The average molecular weight is 301 g/mol. The first-order valence-electron chi connectivity index (χ1n) is 8.77. The zero-order valence-electron chi connectivity index (χ0n) is 14.1. The number of nitrogens with one attached hydrogen (secondary N) is 1. The molecule has 0 spiro atoms. The van der Waals surface area contributed by atoms with Gasteiger partial charge in [-0.2, -0.15) is 0 Å². The van der Waals surface area contributed by atoms with Crippen LogP contribution in [0.2, 0.25) is 0 Å². The van der Waals surface area contributed by atoms with Crippen molar-refractivity contribution in [1.82, 2.24) is 5.32 Å². The highest BCUT2D eigenvalue weighted by atomic mass is 16.5. The molecule has 0 aromatic carbocycles. The molecular formula is C17H35NO3. The van der Waals surface area contributed by atoms with Crippen LogP contribution in [0.3, 0.4) is 0 Å². The van der Waals surface area contributed by atoms with Gasteiger partial charge in [0.2, 0.25) is 0 Å². The maximum absolute atomic E-state index is 5.67. The summed E-state index contributed by atoms with van der Waals surface area (Å²) in [5, 5.41) is 3.53. The van der Waals surface area contributed by atoms with E-state index in [2.05, 4.69) is 19.2 Å². The summed E-state index contributed by atoms with van der Waals surface area (Å²) in [7, 11) is 0. The lowest BCUT2D eigenvalue weighted by Crippen LogP contribution is -2.25. The minimum atomic E-state index is 0.545. The molecule has 1 rings (SSSR count). The largest absolute Gasteiger partial charge is 0.379 e. The molecule has 0 saturated heterocycles. The van der Waals surface area contributed by atoms with Gasteiger partial charge in [0, 0.05) is 19.8 Å². The highest BCUT2D eigenvalue weighted by Crippen LogP contribution is 2.48. The van der Waals surface area contributed by atoms with Crippen LogP contribution in [0.5, 0.6) is 0 Å². The van der Waals surface area contributed by atoms with Gasteiger partial charge in [-0.1, -0.05) is 20.3 Å². The van der Waals surface area contributed by atoms with Crippen LogP contribution < -0.4 is 5.32 Å². The molecule has 21 heavy (non-hydrogen) atoms. The summed E-state index contributed by atoms with van der Waals surface area (Å²) in [5.41, 5.74) is 0.545. The third kappa shape index (κ3) is 10.2. The van der Waals surface area contributed by atoms with Crippen molar-refractivity contribution in [2.24, 2.45) is 5.41 Å². The molecule has 0 radical (unpaired) electrons. The Bertz CT molecular complexity index is 232. The van der Waals surface area contributed by atoms with Gasteiger partial charge in [0.1, 0.15) is 0 Å². The lowest BCUT2D eigenvalue weighted by Gasteiger charge is -2.15. The zero-order valence-corrected chi connectivity index (χ0v) is 14.1. The molecular weight excluding hydrogens is 266 g/mol. The van der Waals surface area contributed by atoms with Crippen molar-refractivity contribution < 1.29 is 14.2 Å². The zero-order chi connectivity index (χ0) is 15.2. The van der Waals surface area contributed by atoms with Crippen LogP contribution in [0, 0.1) is 5.41 Å². The first-order valence-corrected chi connectivity index (χ1v) is 8.77. The van der Waals surface area contributed by atoms with Crippen LogP contribution in [0.4, 0.5) is 0 Å². The van der Waals surface area contributed by atoms with Crippen molar-refractivity contribution in [2.75, 3.05) is 52.7 Å². The number of hydrogen-bond acceptors (Lipinski definition) is 4. The average Bonchev–Trinajstić information content (AvgIpc) is 3.25. The minimum absolute atomic E-state index is 0.545. The lowest BCUT2D eigenvalue weighted by atomic mass is 10.0. The van der Waals surface area contributed by atoms with Gasteiger partial charge >= 0.3 is 0 Å². The van der Waals surface area contributed by atoms with Crippen molar-refractivity contribution >= 4 is 0 Å². The standard InChI is InChI=1S/C17H35NO3/c1-3-5-10-19-12-14-21-15-13-20-11-8-17(6-7-17)16-18-9-4-2/h18H,3-16H2,1-2H3. The number of rotatable bonds is 16. The molecule has 0 unspecified atom stereocenters. The second-order valence-corrected chi connectivity index (χ2v) is 6.12. The Balaban J connectivity index is 1.78. The molecule has 0 aromatic heterocycles. The summed E-state index contributed by atoms with van der Waals surface area (Å²) in [6, 6.07) is 0. The van der Waals surface area contributed by atoms with E-state index >= 15 is 0 Å². The van der Waals surface area contributed by atoms with Crippen LogP contribution in [0.15, 0.2) is 0 Å². The van der Waals surface area contributed by atoms with E-state index in [-0.39, 0.29) is 0 Å². The Kier molecular flexibility index (Phi) is 11.1. The fourth-order valence-corrected chi connectivity index (χ4v) is 2.30. The molecule has 1 saturated carbocycles. The summed E-state index contributed by atoms with van der Waals surface area (Å²) in [5.74, 6) is 0. The van der Waals surface area contributed by atoms with Gasteiger partial charge in [-0.25, -0.2) is 0 Å². The van der Waals surface area contributed by atoms with Gasteiger partial charge in [-0.3, -0.25) is 0 Å². The molecule has 0 bridgehead atoms. The van der Waals surface area contributed by atoms with Crippen molar-refractivity contribution in [3.63, 3.8) is 0 Å². The van der Waals surface area contributed by atoms with E-state index in [0.717, 1.165) is 32.7 Å². The minimum Gasteiger partial charge on any atom is -0.379 e. The monoisotopic (exact) mass is 301 g/mol. The van der Waals surface area contributed by atoms with E-state index in [9.17, 15) is 0 Å². The number of hydrogen-bond donors (Lipinski definition) is 1. The van der Waals surface area contributed by atoms with Crippen LogP contribution in [0.1, 0.15) is 52.4 Å². The summed E-state index contributed by atoms with van der Waals surface area (Å²) in [4.78, 5) is 0. The first-order chi connectivity index (χ1) is 10.3. The maximum atomic E-state index is 5.67. The molecule has 4 nitrogen and oxygen atoms in total. The fraction of sp³-hybridized carbons (Fsp3) is 1.00. The molecule has 4 heteroatoms. The SMILES string of the molecule is CCCCOCCOCCOCCC1(CNCCC)CC1. The van der Waals surface area contributed by atoms with E-state index in [1.54, 1.807) is 0 Å². The molecule has 126 valence electrons. The Labute approximate surface area is 130 Å². The van der Waals surface area contributed by atoms with Gasteiger partial charge < -0.3 is 19.5 Å². The second kappa shape index (κ2) is 12.4. The molecule has 1 fully saturated rings. The lowest BCUT2D eigenvalue weighted by molar-refractivity contribution is 0.0113. The normalized spacial score (nSPS) is 16.3.